The van der Waals surface area contributed by atoms with E-state index in [0.29, 0.717) is 37.4 Å². The van der Waals surface area contributed by atoms with Crippen molar-refractivity contribution in [2.24, 2.45) is 5.92 Å². The van der Waals surface area contributed by atoms with Crippen molar-refractivity contribution in [2.45, 2.75) is 63.1 Å². The van der Waals surface area contributed by atoms with Gasteiger partial charge < -0.3 is 15.3 Å². The molecular weight excluding hydrogens is 244 g/mol. The van der Waals surface area contributed by atoms with Crippen molar-refractivity contribution in [3.05, 3.63) is 0 Å². The monoisotopic (exact) mass is 266 g/mol. The van der Waals surface area contributed by atoms with Crippen LogP contribution in [-0.4, -0.2) is 46.6 Å². The molecule has 106 valence electrons. The zero-order chi connectivity index (χ0) is 13.4. The van der Waals surface area contributed by atoms with Gasteiger partial charge in [-0.1, -0.05) is 0 Å². The van der Waals surface area contributed by atoms with Crippen LogP contribution in [0.5, 0.6) is 0 Å². The number of piperidine rings is 1. The molecule has 0 aliphatic carbocycles. The van der Waals surface area contributed by atoms with Crippen LogP contribution in [0.25, 0.3) is 0 Å². The number of carboxylic acids is 1. The Kier molecular flexibility index (Phi) is 3.48. The number of rotatable bonds is 3. The largest absolute Gasteiger partial charge is 0.480 e. The molecule has 0 aromatic rings. The summed E-state index contributed by atoms with van der Waals surface area (Å²) in [6, 6.07) is 0.599. The predicted octanol–water partition coefficient (Wildman–Crippen LogP) is 0.983. The molecule has 3 atom stereocenters. The molecule has 0 aromatic heterocycles. The average Bonchev–Trinajstić information content (AvgIpc) is 2.96. The molecule has 19 heavy (non-hydrogen) atoms. The lowest BCUT2D eigenvalue weighted by Crippen LogP contribution is -2.43. The minimum Gasteiger partial charge on any atom is -0.480 e. The van der Waals surface area contributed by atoms with Crippen molar-refractivity contribution in [3.8, 4) is 0 Å². The van der Waals surface area contributed by atoms with Gasteiger partial charge in [0.1, 0.15) is 6.04 Å². The topological polar surface area (TPSA) is 69.6 Å². The number of hydrogen-bond acceptors (Lipinski definition) is 3. The highest BCUT2D eigenvalue weighted by Gasteiger charge is 2.38. The maximum absolute atomic E-state index is 12.3. The molecule has 3 aliphatic rings. The van der Waals surface area contributed by atoms with E-state index in [4.69, 9.17) is 5.11 Å². The molecule has 5 nitrogen and oxygen atoms in total. The van der Waals surface area contributed by atoms with E-state index in [-0.39, 0.29) is 5.91 Å². The third-order valence-electron chi connectivity index (χ3n) is 4.89. The first-order valence-corrected chi connectivity index (χ1v) is 7.42. The third-order valence-corrected chi connectivity index (χ3v) is 4.89. The zero-order valence-electron chi connectivity index (χ0n) is 11.2. The molecule has 5 heteroatoms. The van der Waals surface area contributed by atoms with Crippen LogP contribution in [0.4, 0.5) is 0 Å². The zero-order valence-corrected chi connectivity index (χ0v) is 11.2. The second-order valence-electron chi connectivity index (χ2n) is 6.26. The molecule has 3 rings (SSSR count). The molecule has 3 aliphatic heterocycles. The molecule has 3 saturated heterocycles. The summed E-state index contributed by atoms with van der Waals surface area (Å²) in [5, 5.41) is 12.7. The third kappa shape index (κ3) is 2.61. The highest BCUT2D eigenvalue weighted by molar-refractivity contribution is 5.84. The molecule has 3 heterocycles. The van der Waals surface area contributed by atoms with Crippen molar-refractivity contribution in [1.29, 1.82) is 0 Å². The normalized spacial score (nSPS) is 37.6. The SMILES string of the molecule is O=C(O)[C@@H]1CCCN1C(=O)CC1CC2CCC(C1)N2. The summed E-state index contributed by atoms with van der Waals surface area (Å²) in [7, 11) is 0. The smallest absolute Gasteiger partial charge is 0.326 e. The summed E-state index contributed by atoms with van der Waals surface area (Å²) in [6.07, 6.45) is 6.59. The fraction of sp³-hybridized carbons (Fsp3) is 0.857. The Balaban J connectivity index is 1.57. The predicted molar refractivity (Wildman–Crippen MR) is 69.7 cm³/mol. The Morgan fingerprint density at radius 2 is 1.84 bits per heavy atom. The first-order valence-electron chi connectivity index (χ1n) is 7.42. The maximum Gasteiger partial charge on any atom is 0.326 e. The lowest BCUT2D eigenvalue weighted by molar-refractivity contribution is -0.148. The minimum absolute atomic E-state index is 0.0520. The van der Waals surface area contributed by atoms with Gasteiger partial charge in [-0.2, -0.15) is 0 Å². The van der Waals surface area contributed by atoms with Gasteiger partial charge in [-0.25, -0.2) is 4.79 Å². The maximum atomic E-state index is 12.3. The number of nitrogens with one attached hydrogen (secondary N) is 1. The van der Waals surface area contributed by atoms with E-state index in [9.17, 15) is 9.59 Å². The fourth-order valence-electron chi connectivity index (χ4n) is 4.03. The van der Waals surface area contributed by atoms with Crippen LogP contribution in [0, 0.1) is 5.92 Å². The van der Waals surface area contributed by atoms with E-state index < -0.39 is 12.0 Å². The summed E-state index contributed by atoms with van der Waals surface area (Å²) in [4.78, 5) is 25.0. The summed E-state index contributed by atoms with van der Waals surface area (Å²) in [6.45, 7) is 0.619. The molecule has 2 bridgehead atoms. The lowest BCUT2D eigenvalue weighted by Gasteiger charge is -2.30. The molecule has 3 fully saturated rings. The summed E-state index contributed by atoms with van der Waals surface area (Å²) in [5.74, 6) is -0.353. The molecule has 1 amide bonds. The van der Waals surface area contributed by atoms with E-state index in [0.717, 1.165) is 19.3 Å². The summed E-state index contributed by atoms with van der Waals surface area (Å²) >= 11 is 0. The number of likely N-dealkylation sites (tertiary alicyclic amines) is 1. The van der Waals surface area contributed by atoms with Gasteiger partial charge in [0.25, 0.3) is 0 Å². The highest BCUT2D eigenvalue weighted by Crippen LogP contribution is 2.33. The minimum atomic E-state index is -0.851. The Labute approximate surface area is 113 Å². The van der Waals surface area contributed by atoms with Gasteiger partial charge in [0.05, 0.1) is 0 Å². The van der Waals surface area contributed by atoms with Gasteiger partial charge in [-0.15, -0.1) is 0 Å². The van der Waals surface area contributed by atoms with Gasteiger partial charge in [0.2, 0.25) is 5.91 Å². The number of carboxylic acid groups (broad SMARTS) is 1. The van der Waals surface area contributed by atoms with Crippen LogP contribution in [-0.2, 0) is 9.59 Å². The second-order valence-corrected chi connectivity index (χ2v) is 6.26. The number of nitrogens with zero attached hydrogens (tertiary/aromatic N) is 1. The van der Waals surface area contributed by atoms with E-state index >= 15 is 0 Å². The molecule has 0 spiro atoms. The fourth-order valence-corrected chi connectivity index (χ4v) is 4.03. The van der Waals surface area contributed by atoms with Crippen molar-refractivity contribution < 1.29 is 14.7 Å². The standard InChI is InChI=1S/C14H22N2O3/c17-13(16-5-1-2-12(16)14(18)19)8-9-6-10-3-4-11(7-9)15-10/h9-12,15H,1-8H2,(H,18,19)/t9?,10?,11?,12-/m0/s1. The van der Waals surface area contributed by atoms with Gasteiger partial charge in [0.15, 0.2) is 0 Å². The van der Waals surface area contributed by atoms with Crippen LogP contribution < -0.4 is 5.32 Å². The molecule has 0 aromatic carbocycles. The van der Waals surface area contributed by atoms with E-state index in [1.165, 1.54) is 12.8 Å². The number of fused-ring (bicyclic) bond motifs is 2. The highest BCUT2D eigenvalue weighted by atomic mass is 16.4. The Morgan fingerprint density at radius 3 is 2.47 bits per heavy atom. The van der Waals surface area contributed by atoms with Crippen LogP contribution in [0.2, 0.25) is 0 Å². The number of aliphatic carboxylic acids is 1. The molecule has 2 unspecified atom stereocenters. The molecule has 0 radical (unpaired) electrons. The lowest BCUT2D eigenvalue weighted by atomic mass is 9.89. The molecule has 2 N–H and O–H groups in total. The average molecular weight is 266 g/mol. The van der Waals surface area contributed by atoms with E-state index in [1.54, 1.807) is 4.90 Å². The number of carbonyl (C=O) groups is 2. The Morgan fingerprint density at radius 1 is 1.16 bits per heavy atom. The summed E-state index contributed by atoms with van der Waals surface area (Å²) in [5.41, 5.74) is 0. The van der Waals surface area contributed by atoms with Gasteiger partial charge in [0, 0.05) is 25.0 Å². The first-order chi connectivity index (χ1) is 9.13. The van der Waals surface area contributed by atoms with Crippen LogP contribution in [0.15, 0.2) is 0 Å². The van der Waals surface area contributed by atoms with Crippen molar-refractivity contribution in [2.75, 3.05) is 6.54 Å². The number of hydrogen-bond donors (Lipinski definition) is 2. The van der Waals surface area contributed by atoms with Crippen LogP contribution >= 0.6 is 0 Å². The number of amides is 1. The van der Waals surface area contributed by atoms with Gasteiger partial charge in [-0.05, 0) is 44.4 Å². The molecule has 0 saturated carbocycles. The summed E-state index contributed by atoms with van der Waals surface area (Å²) < 4.78 is 0. The number of carbonyl (C=O) groups excluding carboxylic acids is 1. The van der Waals surface area contributed by atoms with Gasteiger partial charge in [-0.3, -0.25) is 4.79 Å². The second kappa shape index (κ2) is 5.12. The first kappa shape index (κ1) is 12.9. The van der Waals surface area contributed by atoms with E-state index in [1.807, 2.05) is 0 Å². The Bertz CT molecular complexity index is 373. The van der Waals surface area contributed by atoms with Crippen LogP contribution in [0.3, 0.4) is 0 Å². The van der Waals surface area contributed by atoms with Crippen molar-refractivity contribution in [1.82, 2.24) is 10.2 Å². The van der Waals surface area contributed by atoms with Crippen molar-refractivity contribution >= 4 is 11.9 Å². The Hall–Kier alpha value is -1.10. The van der Waals surface area contributed by atoms with Gasteiger partial charge >= 0.3 is 5.97 Å². The quantitative estimate of drug-likeness (QED) is 0.799. The van der Waals surface area contributed by atoms with Crippen LogP contribution in [0.1, 0.15) is 44.9 Å². The van der Waals surface area contributed by atoms with E-state index in [2.05, 4.69) is 5.32 Å². The van der Waals surface area contributed by atoms with Crippen molar-refractivity contribution in [3.63, 3.8) is 0 Å². The molecular formula is C14H22N2O3.